The summed E-state index contributed by atoms with van der Waals surface area (Å²) in [5.74, 6) is -2.64. The highest BCUT2D eigenvalue weighted by molar-refractivity contribution is 7.99. The second-order valence-corrected chi connectivity index (χ2v) is 27.8. The number of anilines is 1. The number of ether oxygens (including phenoxy) is 1. The number of hydrogen-bond donors (Lipinski definition) is 7. The Morgan fingerprint density at radius 1 is 0.733 bits per heavy atom. The Morgan fingerprint density at radius 3 is 1.93 bits per heavy atom. The smallest absolute Gasteiger partial charge is 0.425 e. The summed E-state index contributed by atoms with van der Waals surface area (Å²) in [6, 6.07) is 14.3. The van der Waals surface area contributed by atoms with Crippen molar-refractivity contribution >= 4 is 167 Å². The number of thioether (sulfide) groups is 1. The van der Waals surface area contributed by atoms with Crippen LogP contribution in [0.4, 0.5) is 39.3 Å². The normalized spacial score (nSPS) is 12.7. The quantitative estimate of drug-likeness (QED) is 0.0162. The zero-order valence-corrected chi connectivity index (χ0v) is 50.6. The first-order valence-electron chi connectivity index (χ1n) is 23.6. The minimum atomic E-state index is -4.99. The zero-order valence-electron chi connectivity index (χ0n) is 44.1. The van der Waals surface area contributed by atoms with E-state index in [2.05, 4.69) is 46.0 Å². The third-order valence-electron chi connectivity index (χ3n) is 11.7. The Kier molecular flexibility index (Phi) is 19.5. The van der Waals surface area contributed by atoms with Crippen LogP contribution >= 0.6 is 23.1 Å². The van der Waals surface area contributed by atoms with Gasteiger partial charge in [0.2, 0.25) is 16.9 Å². The van der Waals surface area contributed by atoms with Gasteiger partial charge < -0.3 is 15.2 Å². The number of nitriles is 1. The lowest BCUT2D eigenvalue weighted by atomic mass is 10.1. The van der Waals surface area contributed by atoms with Crippen molar-refractivity contribution in [1.29, 1.82) is 5.26 Å². The van der Waals surface area contributed by atoms with Crippen LogP contribution in [0.25, 0.3) is 37.7 Å². The maximum atomic E-state index is 12.5. The third-order valence-corrected chi connectivity index (χ3v) is 18.1. The van der Waals surface area contributed by atoms with Gasteiger partial charge in [0.05, 0.1) is 61.5 Å². The van der Waals surface area contributed by atoms with E-state index < -0.39 is 99.2 Å². The minimum Gasteiger partial charge on any atom is -0.493 e. The largest absolute Gasteiger partial charge is 0.493 e. The molecule has 454 valence electrons. The molecule has 0 bridgehead atoms. The van der Waals surface area contributed by atoms with Crippen molar-refractivity contribution in [2.45, 2.75) is 60.1 Å². The highest BCUT2D eigenvalue weighted by atomic mass is 32.2. The van der Waals surface area contributed by atoms with E-state index in [-0.39, 0.29) is 119 Å². The molecule has 0 radical (unpaired) electrons. The topological polar surface area (TPSA) is 510 Å². The Morgan fingerprint density at radius 2 is 1.33 bits per heavy atom. The lowest BCUT2D eigenvalue weighted by Gasteiger charge is -2.12. The number of aryl methyl sites for hydroxylation is 2. The number of amides is 1. The van der Waals surface area contributed by atoms with Crippen LogP contribution in [-0.2, 0) is 66.0 Å². The molecule has 0 fully saturated rings. The van der Waals surface area contributed by atoms with E-state index in [0.717, 1.165) is 64.8 Å². The number of hydrogen-bond acceptors (Lipinski definition) is 27. The molecule has 7 N–H and O–H groups in total. The Balaban J connectivity index is 0.00000256. The Labute approximate surface area is 496 Å². The van der Waals surface area contributed by atoms with Crippen molar-refractivity contribution in [2.24, 2.45) is 30.7 Å². The van der Waals surface area contributed by atoms with Gasteiger partial charge in [-0.25, -0.2) is 9.97 Å². The highest BCUT2D eigenvalue weighted by Gasteiger charge is 2.27. The fourth-order valence-electron chi connectivity index (χ4n) is 8.01. The molecule has 1 amide bonds. The molecule has 32 nitrogen and oxygen atoms in total. The van der Waals surface area contributed by atoms with Crippen molar-refractivity contribution in [3.63, 3.8) is 0 Å². The van der Waals surface area contributed by atoms with Crippen LogP contribution in [0.15, 0.2) is 111 Å². The van der Waals surface area contributed by atoms with Crippen LogP contribution in [0, 0.1) is 32.1 Å². The first-order chi connectivity index (χ1) is 39.9. The number of carbonyl (C=O) groups excluding carboxylic acids is 1. The van der Waals surface area contributed by atoms with Crippen molar-refractivity contribution in [3.8, 4) is 17.7 Å². The highest BCUT2D eigenvalue weighted by Crippen LogP contribution is 2.45. The Bertz CT molecular complexity index is 5010. The van der Waals surface area contributed by atoms with E-state index in [1.165, 1.54) is 31.2 Å². The number of nitrogens with zero attached hydrogens (tertiary/aromatic N) is 10. The number of nitrogens with one attached hydrogen (secondary N) is 1. The number of azo groups is 3. The second-order valence-electron chi connectivity index (χ2n) is 17.9. The fraction of sp³-hybridized carbons (Fsp3) is 0.217. The van der Waals surface area contributed by atoms with Crippen molar-refractivity contribution in [1.82, 2.24) is 14.4 Å². The van der Waals surface area contributed by atoms with Crippen LogP contribution in [0.2, 0.25) is 0 Å². The van der Waals surface area contributed by atoms with Crippen LogP contribution in [0.3, 0.4) is 0 Å². The maximum absolute atomic E-state index is 12.5. The van der Waals surface area contributed by atoms with Crippen molar-refractivity contribution in [3.05, 3.63) is 82.9 Å². The van der Waals surface area contributed by atoms with E-state index in [1.54, 1.807) is 19.9 Å². The second kappa shape index (κ2) is 25.6. The SMILES string of the molecule is CC(=O)Nc1cc2nc3c(C#N)c(C)c(N=Nc4cc(C)c(N=Nc5cc(C)c(N=Nc6nc7c(S(=O)(=O)O)cc8ccc(S(=O)(=O)O)cc8c7s6)cc5SCCCS(=O)(=O)O)cc4OCCCS(=O)(=O)O)c(O)n3c2cc1S(=O)(=O)O.O=S(=O)=O. The average molecular weight is 1340 g/mol. The molecule has 0 saturated heterocycles. The number of carbonyl (C=O) groups is 1. The van der Waals surface area contributed by atoms with Gasteiger partial charge in [0.25, 0.3) is 50.6 Å². The minimum absolute atomic E-state index is 0.0165. The maximum Gasteiger partial charge on any atom is 0.425 e. The molecule has 8 aromatic rings. The predicted molar refractivity (Wildman–Crippen MR) is 308 cm³/mol. The van der Waals surface area contributed by atoms with E-state index >= 15 is 0 Å². The van der Waals surface area contributed by atoms with Crippen LogP contribution in [0.5, 0.6) is 11.6 Å². The molecule has 0 aliphatic heterocycles. The summed E-state index contributed by atoms with van der Waals surface area (Å²) < 4.78 is 201. The first-order valence-corrected chi connectivity index (χ1v) is 33.9. The van der Waals surface area contributed by atoms with Crippen LogP contribution in [-0.4, -0.2) is 127 Å². The van der Waals surface area contributed by atoms with Gasteiger partial charge in [-0.05, 0) is 104 Å². The number of fused-ring (bicyclic) bond motifs is 6. The van der Waals surface area contributed by atoms with Gasteiger partial charge in [-0.2, -0.15) is 52.5 Å². The molecule has 0 atom stereocenters. The summed E-state index contributed by atoms with van der Waals surface area (Å²) in [4.78, 5) is 19.0. The molecule has 3 aromatic heterocycles. The zero-order chi connectivity index (χ0) is 63.6. The molecule has 3 heterocycles. The van der Waals surface area contributed by atoms with Crippen molar-refractivity contribution in [2.75, 3.05) is 29.2 Å². The predicted octanol–water partition coefficient (Wildman–Crippen LogP) is 8.72. The number of aromatic nitrogens is 3. The molecule has 0 spiro atoms. The summed E-state index contributed by atoms with van der Waals surface area (Å²) in [6.45, 7) is 5.41. The molecule has 40 heteroatoms. The molecular formula is C46H41N11O21S8. The molecule has 86 heavy (non-hydrogen) atoms. The molecule has 8 rings (SSSR count). The van der Waals surface area contributed by atoms with E-state index in [1.807, 2.05) is 6.07 Å². The molecule has 0 unspecified atom stereocenters. The molecule has 0 saturated carbocycles. The van der Waals surface area contributed by atoms with Gasteiger partial charge in [-0.15, -0.1) is 50.0 Å². The lowest BCUT2D eigenvalue weighted by Crippen LogP contribution is -2.11. The van der Waals surface area contributed by atoms with Gasteiger partial charge in [-0.1, -0.05) is 17.4 Å². The summed E-state index contributed by atoms with van der Waals surface area (Å²) in [5.41, 5.74) is -0.0711. The third kappa shape index (κ3) is 15.9. The van der Waals surface area contributed by atoms with E-state index in [9.17, 15) is 80.0 Å². The van der Waals surface area contributed by atoms with E-state index in [4.69, 9.17) is 17.4 Å². The van der Waals surface area contributed by atoms with Crippen LogP contribution in [0.1, 0.15) is 42.0 Å². The summed E-state index contributed by atoms with van der Waals surface area (Å²) >= 11 is 1.88. The molecule has 5 aromatic carbocycles. The Hall–Kier alpha value is -7.92. The van der Waals surface area contributed by atoms with Gasteiger partial charge in [0.1, 0.15) is 38.4 Å². The standard InChI is InChI=1S/C46H41N11O18S7.O3S/c1-22-13-33(53-55-41-24(3)29(21-47)44-49-32-17-35(48-25(4)58)39(81(69,70)71)20-36(32)57(44)45(41)59)37(75-9-5-11-78(60,61)62)18-30(22)51-54-34-14-23(2)31(19-38(34)76-10-6-12-79(63,64)65)52-56-46-50-42-40(82(72,73)74)15-26-7-8-27(80(66,67)68)16-28(26)43(42)77-46;1-4(2)3/h7-8,13-20,59H,5-6,9-12H2,1-4H3,(H,48,58)(H,60,61,62)(H,63,64,65)(H,66,67,68)(H,69,70,71)(H,72,73,74);. The monoisotopic (exact) mass is 1340 g/mol. The van der Waals surface area contributed by atoms with Crippen LogP contribution < -0.4 is 10.1 Å². The molecule has 0 aliphatic carbocycles. The summed E-state index contributed by atoms with van der Waals surface area (Å²) in [6.07, 6.45) is -0.240. The van der Waals surface area contributed by atoms with Crippen molar-refractivity contribution < 1.29 is 92.1 Å². The van der Waals surface area contributed by atoms with Gasteiger partial charge in [0.15, 0.2) is 11.3 Å². The lowest BCUT2D eigenvalue weighted by molar-refractivity contribution is -0.114. The van der Waals surface area contributed by atoms with Gasteiger partial charge in [0, 0.05) is 28.8 Å². The fourth-order valence-corrected chi connectivity index (χ4v) is 13.0. The summed E-state index contributed by atoms with van der Waals surface area (Å²) in [5, 5.41) is 50.5. The number of thiazole rings is 1. The first kappa shape index (κ1) is 65.6. The molecular weight excluding hydrogens is 1300 g/mol. The number of aromatic hydroxyl groups is 1. The van der Waals surface area contributed by atoms with E-state index in [0.29, 0.717) is 16.0 Å². The average Bonchev–Trinajstić information content (AvgIpc) is 1.61. The van der Waals surface area contributed by atoms with Gasteiger partial charge in [-0.3, -0.25) is 32.0 Å². The summed E-state index contributed by atoms with van der Waals surface area (Å²) in [7, 11) is -26.5. The number of benzene rings is 5. The molecule has 0 aliphatic rings. The number of imidazole rings is 1. The number of rotatable bonds is 20. The number of pyridine rings is 1. The van der Waals surface area contributed by atoms with Gasteiger partial charge >= 0.3 is 10.6 Å².